The van der Waals surface area contributed by atoms with Crippen LogP contribution in [0.4, 0.5) is 5.69 Å². The Balaban J connectivity index is 2.08. The summed E-state index contributed by atoms with van der Waals surface area (Å²) in [5, 5.41) is 10.9. The van der Waals surface area contributed by atoms with Gasteiger partial charge in [0.2, 0.25) is 11.7 Å². The molecule has 2 rings (SSSR count). The Morgan fingerprint density at radius 2 is 1.89 bits per heavy atom. The van der Waals surface area contributed by atoms with E-state index in [2.05, 4.69) is 5.32 Å². The van der Waals surface area contributed by atoms with Gasteiger partial charge in [-0.1, -0.05) is 0 Å². The van der Waals surface area contributed by atoms with Gasteiger partial charge in [0.1, 0.15) is 0 Å². The van der Waals surface area contributed by atoms with E-state index in [1.165, 1.54) is 0 Å². The molecule has 100 valence electrons. The van der Waals surface area contributed by atoms with E-state index in [1.807, 2.05) is 0 Å². The Hall–Kier alpha value is -2.50. The lowest BCUT2D eigenvalue weighted by Crippen LogP contribution is -2.29. The number of carboxylic acids is 1. The SMILES string of the molecule is CC1(C)Oc2ccc(NC(=O)/C=C/C(=O)O)cc2O1. The van der Waals surface area contributed by atoms with Gasteiger partial charge in [-0.15, -0.1) is 0 Å². The lowest BCUT2D eigenvalue weighted by molar-refractivity contribution is -0.131. The highest BCUT2D eigenvalue weighted by Crippen LogP contribution is 2.40. The molecule has 0 fully saturated rings. The molecular formula is C13H13NO5. The lowest BCUT2D eigenvalue weighted by atomic mass is 10.2. The number of anilines is 1. The number of ether oxygens (including phenoxy) is 2. The minimum Gasteiger partial charge on any atom is -0.478 e. The molecule has 1 aliphatic rings. The molecule has 1 amide bonds. The van der Waals surface area contributed by atoms with Gasteiger partial charge >= 0.3 is 5.97 Å². The third-order valence-electron chi connectivity index (χ3n) is 2.30. The van der Waals surface area contributed by atoms with Crippen LogP contribution in [0.5, 0.6) is 11.5 Å². The molecule has 0 aromatic heterocycles. The maximum absolute atomic E-state index is 11.4. The predicted octanol–water partition coefficient (Wildman–Crippen LogP) is 1.77. The van der Waals surface area contributed by atoms with Gasteiger partial charge in [-0.3, -0.25) is 4.79 Å². The Morgan fingerprint density at radius 1 is 1.21 bits per heavy atom. The quantitative estimate of drug-likeness (QED) is 0.812. The van der Waals surface area contributed by atoms with Gasteiger partial charge in [0.15, 0.2) is 11.5 Å². The van der Waals surface area contributed by atoms with Crippen LogP contribution in [0, 0.1) is 0 Å². The van der Waals surface area contributed by atoms with Gasteiger partial charge in [-0.25, -0.2) is 4.79 Å². The summed E-state index contributed by atoms with van der Waals surface area (Å²) in [5.41, 5.74) is 0.500. The van der Waals surface area contributed by atoms with Crippen molar-refractivity contribution in [2.24, 2.45) is 0 Å². The third kappa shape index (κ3) is 3.25. The highest BCUT2D eigenvalue weighted by Gasteiger charge is 2.31. The van der Waals surface area contributed by atoms with Crippen molar-refractivity contribution in [3.8, 4) is 11.5 Å². The fraction of sp³-hybridized carbons (Fsp3) is 0.231. The first-order valence-corrected chi connectivity index (χ1v) is 5.60. The van der Waals surface area contributed by atoms with Crippen LogP contribution in [0.2, 0.25) is 0 Å². The van der Waals surface area contributed by atoms with E-state index < -0.39 is 17.7 Å². The molecule has 1 aromatic carbocycles. The minimum absolute atomic E-state index is 0.500. The van der Waals surface area contributed by atoms with E-state index in [9.17, 15) is 9.59 Å². The number of hydrogen-bond donors (Lipinski definition) is 2. The van der Waals surface area contributed by atoms with E-state index in [-0.39, 0.29) is 0 Å². The van der Waals surface area contributed by atoms with Gasteiger partial charge in [0.05, 0.1) is 0 Å². The smallest absolute Gasteiger partial charge is 0.328 e. The zero-order valence-corrected chi connectivity index (χ0v) is 10.5. The van der Waals surface area contributed by atoms with Crippen molar-refractivity contribution in [2.45, 2.75) is 19.6 Å². The lowest BCUT2D eigenvalue weighted by Gasteiger charge is -2.16. The monoisotopic (exact) mass is 263 g/mol. The van der Waals surface area contributed by atoms with Crippen molar-refractivity contribution in [3.63, 3.8) is 0 Å². The Labute approximate surface area is 109 Å². The molecule has 0 bridgehead atoms. The second-order valence-corrected chi connectivity index (χ2v) is 4.43. The summed E-state index contributed by atoms with van der Waals surface area (Å²) in [7, 11) is 0. The number of fused-ring (bicyclic) bond motifs is 1. The number of amides is 1. The maximum Gasteiger partial charge on any atom is 0.328 e. The van der Waals surface area contributed by atoms with Crippen molar-refractivity contribution in [2.75, 3.05) is 5.32 Å². The predicted molar refractivity (Wildman–Crippen MR) is 67.2 cm³/mol. The van der Waals surface area contributed by atoms with E-state index >= 15 is 0 Å². The van der Waals surface area contributed by atoms with Crippen LogP contribution in [0.1, 0.15) is 13.8 Å². The van der Waals surface area contributed by atoms with Gasteiger partial charge in [-0.2, -0.15) is 0 Å². The first-order chi connectivity index (χ1) is 8.85. The number of carbonyl (C=O) groups excluding carboxylic acids is 1. The Bertz CT molecular complexity index is 562. The van der Waals surface area contributed by atoms with E-state index in [1.54, 1.807) is 32.0 Å². The second-order valence-electron chi connectivity index (χ2n) is 4.43. The normalized spacial score (nSPS) is 15.5. The van der Waals surface area contributed by atoms with Crippen LogP contribution >= 0.6 is 0 Å². The zero-order chi connectivity index (χ0) is 14.0. The van der Waals surface area contributed by atoms with Gasteiger partial charge in [0, 0.05) is 37.8 Å². The number of aliphatic carboxylic acids is 1. The van der Waals surface area contributed by atoms with E-state index in [4.69, 9.17) is 14.6 Å². The van der Waals surface area contributed by atoms with Crippen LogP contribution in [0.3, 0.4) is 0 Å². The maximum atomic E-state index is 11.4. The zero-order valence-electron chi connectivity index (χ0n) is 10.5. The standard InChI is InChI=1S/C13H13NO5/c1-13(2)18-9-4-3-8(7-10(9)19-13)14-11(15)5-6-12(16)17/h3-7H,1-2H3,(H,14,15)(H,16,17)/b6-5+. The molecule has 0 radical (unpaired) electrons. The molecular weight excluding hydrogens is 250 g/mol. The number of nitrogens with one attached hydrogen (secondary N) is 1. The van der Waals surface area contributed by atoms with Crippen molar-refractivity contribution >= 4 is 17.6 Å². The molecule has 0 unspecified atom stereocenters. The van der Waals surface area contributed by atoms with Crippen molar-refractivity contribution in [3.05, 3.63) is 30.4 Å². The van der Waals surface area contributed by atoms with Gasteiger partial charge in [-0.05, 0) is 12.1 Å². The van der Waals surface area contributed by atoms with Crippen LogP contribution in [-0.4, -0.2) is 22.8 Å². The van der Waals surface area contributed by atoms with Crippen molar-refractivity contribution < 1.29 is 24.2 Å². The molecule has 0 spiro atoms. The average Bonchev–Trinajstić information content (AvgIpc) is 2.59. The summed E-state index contributed by atoms with van der Waals surface area (Å²) in [5.74, 6) is -1.30. The minimum atomic E-state index is -1.18. The first-order valence-electron chi connectivity index (χ1n) is 5.60. The number of hydrogen-bond acceptors (Lipinski definition) is 4. The number of carbonyl (C=O) groups is 2. The molecule has 0 saturated heterocycles. The molecule has 0 atom stereocenters. The highest BCUT2D eigenvalue weighted by atomic mass is 16.7. The average molecular weight is 263 g/mol. The van der Waals surface area contributed by atoms with Crippen LogP contribution in [-0.2, 0) is 9.59 Å². The fourth-order valence-corrected chi connectivity index (χ4v) is 1.63. The number of benzene rings is 1. The van der Waals surface area contributed by atoms with Crippen LogP contribution in [0.15, 0.2) is 30.4 Å². The fourth-order valence-electron chi connectivity index (χ4n) is 1.63. The number of rotatable bonds is 3. The summed E-state index contributed by atoms with van der Waals surface area (Å²) in [6, 6.07) is 4.95. The van der Waals surface area contributed by atoms with Crippen molar-refractivity contribution in [1.29, 1.82) is 0 Å². The third-order valence-corrected chi connectivity index (χ3v) is 2.30. The molecule has 1 aromatic rings. The largest absolute Gasteiger partial charge is 0.478 e. The topological polar surface area (TPSA) is 84.9 Å². The molecule has 1 aliphatic heterocycles. The van der Waals surface area contributed by atoms with Gasteiger partial charge < -0.3 is 19.9 Å². The first kappa shape index (κ1) is 12.9. The summed E-state index contributed by atoms with van der Waals surface area (Å²) in [6.07, 6.45) is 1.71. The van der Waals surface area contributed by atoms with Crippen LogP contribution in [0.25, 0.3) is 0 Å². The Morgan fingerprint density at radius 3 is 2.58 bits per heavy atom. The molecule has 2 N–H and O–H groups in total. The van der Waals surface area contributed by atoms with Gasteiger partial charge in [0.25, 0.3) is 0 Å². The molecule has 6 heteroatoms. The molecule has 0 aliphatic carbocycles. The molecule has 6 nitrogen and oxygen atoms in total. The van der Waals surface area contributed by atoms with Crippen molar-refractivity contribution in [1.82, 2.24) is 0 Å². The van der Waals surface area contributed by atoms with Crippen LogP contribution < -0.4 is 14.8 Å². The Kier molecular flexibility index (Phi) is 3.16. The van der Waals surface area contributed by atoms with E-state index in [0.29, 0.717) is 17.2 Å². The number of carboxylic acid groups (broad SMARTS) is 1. The molecule has 1 heterocycles. The second kappa shape index (κ2) is 4.64. The summed E-state index contributed by atoms with van der Waals surface area (Å²) < 4.78 is 11.0. The summed E-state index contributed by atoms with van der Waals surface area (Å²) in [4.78, 5) is 21.7. The summed E-state index contributed by atoms with van der Waals surface area (Å²) in [6.45, 7) is 3.56. The highest BCUT2D eigenvalue weighted by molar-refractivity contribution is 6.02. The molecule has 0 saturated carbocycles. The molecule has 19 heavy (non-hydrogen) atoms. The van der Waals surface area contributed by atoms with E-state index in [0.717, 1.165) is 12.2 Å². The summed E-state index contributed by atoms with van der Waals surface area (Å²) >= 11 is 0.